The Hall–Kier alpha value is -3.78. The van der Waals surface area contributed by atoms with Gasteiger partial charge in [0, 0.05) is 16.6 Å². The highest BCUT2D eigenvalue weighted by molar-refractivity contribution is 7.16. The molecule has 0 saturated heterocycles. The zero-order valence-corrected chi connectivity index (χ0v) is 19.1. The first-order valence-electron chi connectivity index (χ1n) is 10.7. The number of amides is 1. The van der Waals surface area contributed by atoms with Crippen LogP contribution in [0.15, 0.2) is 65.4 Å². The minimum Gasteiger partial charge on any atom is -0.459 e. The number of thiophene rings is 1. The third-order valence-electron chi connectivity index (χ3n) is 5.38. The number of ether oxygens (including phenoxy) is 2. The number of aromatic nitrogens is 1. The maximum Gasteiger partial charge on any atom is 0.291 e. The molecule has 1 aliphatic rings. The maximum absolute atomic E-state index is 12.8. The van der Waals surface area contributed by atoms with Crippen LogP contribution in [0.3, 0.4) is 0 Å². The summed E-state index contributed by atoms with van der Waals surface area (Å²) in [5.74, 6) is 2.13. The summed E-state index contributed by atoms with van der Waals surface area (Å²) >= 11 is 1.56. The molecule has 5 rings (SSSR count). The molecule has 1 amide bonds. The van der Waals surface area contributed by atoms with Crippen molar-refractivity contribution in [2.24, 2.45) is 0 Å². The van der Waals surface area contributed by atoms with Crippen molar-refractivity contribution in [1.29, 1.82) is 0 Å². The van der Waals surface area contributed by atoms with Crippen LogP contribution in [0.1, 0.15) is 45.1 Å². The summed E-state index contributed by atoms with van der Waals surface area (Å²) in [6.45, 7) is 4.33. The molecule has 4 heterocycles. The Morgan fingerprint density at radius 3 is 2.82 bits per heavy atom. The summed E-state index contributed by atoms with van der Waals surface area (Å²) in [6, 6.07) is 15.0. The molecule has 8 heteroatoms. The first kappa shape index (κ1) is 21.1. The van der Waals surface area contributed by atoms with Gasteiger partial charge in [0.15, 0.2) is 17.3 Å². The second-order valence-corrected chi connectivity index (χ2v) is 8.83. The average Bonchev–Trinajstić information content (AvgIpc) is 3.58. The molecule has 1 aliphatic heterocycles. The number of pyridine rings is 1. The number of nitrogens with one attached hydrogen (secondary N) is 2. The fraction of sp³-hybridized carbons (Fsp3) is 0.200. The minimum absolute atomic E-state index is 0.208. The third kappa shape index (κ3) is 4.42. The van der Waals surface area contributed by atoms with E-state index in [2.05, 4.69) is 28.6 Å². The molecule has 0 bridgehead atoms. The van der Waals surface area contributed by atoms with Crippen LogP contribution < -0.4 is 20.1 Å². The quantitative estimate of drug-likeness (QED) is 0.362. The van der Waals surface area contributed by atoms with Gasteiger partial charge in [-0.2, -0.15) is 0 Å². The van der Waals surface area contributed by atoms with E-state index >= 15 is 0 Å². The lowest BCUT2D eigenvalue weighted by Gasteiger charge is -2.21. The van der Waals surface area contributed by atoms with E-state index < -0.39 is 0 Å². The number of aryl methyl sites for hydroxylation is 2. The van der Waals surface area contributed by atoms with Crippen molar-refractivity contribution in [2.75, 3.05) is 17.4 Å². The lowest BCUT2D eigenvalue weighted by Crippen LogP contribution is -2.17. The molecule has 0 unspecified atom stereocenters. The van der Waals surface area contributed by atoms with Gasteiger partial charge >= 0.3 is 0 Å². The summed E-state index contributed by atoms with van der Waals surface area (Å²) in [5.41, 5.74) is 3.01. The smallest absolute Gasteiger partial charge is 0.291 e. The Kier molecular flexibility index (Phi) is 5.75. The number of nitrogens with zero attached hydrogens (tertiary/aromatic N) is 1. The highest BCUT2D eigenvalue weighted by Crippen LogP contribution is 2.41. The molecule has 7 nitrogen and oxygen atoms in total. The highest BCUT2D eigenvalue weighted by atomic mass is 32.1. The molecule has 3 aromatic heterocycles. The van der Waals surface area contributed by atoms with Gasteiger partial charge in [0.25, 0.3) is 5.91 Å². The number of fused-ring (bicyclic) bond motifs is 1. The molecular formula is C25H23N3O4S. The average molecular weight is 462 g/mol. The predicted octanol–water partition coefficient (Wildman–Crippen LogP) is 5.79. The van der Waals surface area contributed by atoms with Gasteiger partial charge in [-0.1, -0.05) is 13.0 Å². The second kappa shape index (κ2) is 8.99. The number of carbonyl (C=O) groups excluding carboxylic acids is 1. The Bertz CT molecular complexity index is 1280. The van der Waals surface area contributed by atoms with Gasteiger partial charge in [-0.05, 0) is 66.9 Å². The van der Waals surface area contributed by atoms with Crippen LogP contribution in [0.2, 0.25) is 0 Å². The van der Waals surface area contributed by atoms with Crippen molar-refractivity contribution < 1.29 is 18.7 Å². The van der Waals surface area contributed by atoms with E-state index in [0.717, 1.165) is 44.6 Å². The van der Waals surface area contributed by atoms with Crippen molar-refractivity contribution >= 4 is 28.1 Å². The lowest BCUT2D eigenvalue weighted by molar-refractivity contribution is 0.0997. The van der Waals surface area contributed by atoms with E-state index in [0.29, 0.717) is 5.75 Å². The molecule has 1 aromatic carbocycles. The Labute approximate surface area is 195 Å². The lowest BCUT2D eigenvalue weighted by atomic mass is 9.99. The Balaban J connectivity index is 1.57. The number of anilines is 2. The SMILES string of the molecule is CCc1cc([C@H](Nc2cc(C)ccn2)c2ccc3c(c2)OCO3)c(NC(=O)c2ccco2)s1. The van der Waals surface area contributed by atoms with Crippen molar-refractivity contribution in [1.82, 2.24) is 4.98 Å². The summed E-state index contributed by atoms with van der Waals surface area (Å²) in [6.07, 6.45) is 4.12. The van der Waals surface area contributed by atoms with Gasteiger partial charge in [-0.3, -0.25) is 4.79 Å². The second-order valence-electron chi connectivity index (χ2n) is 7.69. The molecular weight excluding hydrogens is 438 g/mol. The third-order valence-corrected chi connectivity index (χ3v) is 6.59. The molecule has 0 spiro atoms. The maximum atomic E-state index is 12.8. The zero-order valence-electron chi connectivity index (χ0n) is 18.3. The molecule has 2 N–H and O–H groups in total. The monoisotopic (exact) mass is 461 g/mol. The van der Waals surface area contributed by atoms with Crippen LogP contribution in [-0.2, 0) is 6.42 Å². The van der Waals surface area contributed by atoms with Crippen LogP contribution in [0.4, 0.5) is 10.8 Å². The molecule has 168 valence electrons. The zero-order chi connectivity index (χ0) is 22.8. The van der Waals surface area contributed by atoms with Gasteiger partial charge in [-0.15, -0.1) is 11.3 Å². The van der Waals surface area contributed by atoms with Crippen molar-refractivity contribution in [3.05, 3.63) is 88.3 Å². The summed E-state index contributed by atoms with van der Waals surface area (Å²) < 4.78 is 16.4. The van der Waals surface area contributed by atoms with E-state index in [-0.39, 0.29) is 24.5 Å². The first-order chi connectivity index (χ1) is 16.1. The van der Waals surface area contributed by atoms with Gasteiger partial charge < -0.3 is 24.5 Å². The Morgan fingerprint density at radius 2 is 2.03 bits per heavy atom. The topological polar surface area (TPSA) is 85.6 Å². The van der Waals surface area contributed by atoms with Gasteiger partial charge in [0.2, 0.25) is 6.79 Å². The molecule has 0 saturated carbocycles. The van der Waals surface area contributed by atoms with Crippen molar-refractivity contribution in [3.8, 4) is 11.5 Å². The van der Waals surface area contributed by atoms with Gasteiger partial charge in [0.1, 0.15) is 10.8 Å². The normalized spacial score (nSPS) is 13.0. The van der Waals surface area contributed by atoms with E-state index in [1.807, 2.05) is 37.3 Å². The Morgan fingerprint density at radius 1 is 1.15 bits per heavy atom. The standard InChI is InChI=1S/C25H23N3O4S/c1-3-17-13-18(25(33-17)28-24(29)20-5-4-10-30-20)23(27-22-11-15(2)8-9-26-22)16-6-7-19-21(12-16)32-14-31-19/h4-13,23H,3,14H2,1-2H3,(H,26,27)(H,28,29)/t23-/m1/s1. The molecule has 1 atom stereocenters. The number of hydrogen-bond acceptors (Lipinski definition) is 7. The largest absolute Gasteiger partial charge is 0.459 e. The van der Waals surface area contributed by atoms with E-state index in [1.54, 1.807) is 29.7 Å². The summed E-state index contributed by atoms with van der Waals surface area (Å²) in [5, 5.41) is 7.35. The van der Waals surface area contributed by atoms with Crippen molar-refractivity contribution in [2.45, 2.75) is 26.3 Å². The minimum atomic E-state index is -0.288. The van der Waals surface area contributed by atoms with Crippen LogP contribution >= 0.6 is 11.3 Å². The van der Waals surface area contributed by atoms with Gasteiger partial charge in [-0.25, -0.2) is 4.98 Å². The van der Waals surface area contributed by atoms with E-state index in [1.165, 1.54) is 6.26 Å². The first-order valence-corrected chi connectivity index (χ1v) is 11.5. The molecule has 0 fully saturated rings. The highest BCUT2D eigenvalue weighted by Gasteiger charge is 2.25. The molecule has 0 aliphatic carbocycles. The van der Waals surface area contributed by atoms with Crippen LogP contribution in [-0.4, -0.2) is 17.7 Å². The fourth-order valence-corrected chi connectivity index (χ4v) is 4.74. The fourth-order valence-electron chi connectivity index (χ4n) is 3.71. The van der Waals surface area contributed by atoms with Crippen LogP contribution in [0.25, 0.3) is 0 Å². The summed E-state index contributed by atoms with van der Waals surface area (Å²) in [7, 11) is 0. The van der Waals surface area contributed by atoms with Crippen LogP contribution in [0.5, 0.6) is 11.5 Å². The van der Waals surface area contributed by atoms with Crippen LogP contribution in [0, 0.1) is 6.92 Å². The molecule has 4 aromatic rings. The molecule has 33 heavy (non-hydrogen) atoms. The number of rotatable bonds is 7. The number of benzene rings is 1. The number of carbonyl (C=O) groups is 1. The van der Waals surface area contributed by atoms with E-state index in [9.17, 15) is 4.79 Å². The number of furan rings is 1. The molecule has 0 radical (unpaired) electrons. The van der Waals surface area contributed by atoms with Gasteiger partial charge in [0.05, 0.1) is 12.3 Å². The number of hydrogen-bond donors (Lipinski definition) is 2. The predicted molar refractivity (Wildman–Crippen MR) is 127 cm³/mol. The van der Waals surface area contributed by atoms with E-state index in [4.69, 9.17) is 13.9 Å². The summed E-state index contributed by atoms with van der Waals surface area (Å²) in [4.78, 5) is 18.4. The van der Waals surface area contributed by atoms with Crippen molar-refractivity contribution in [3.63, 3.8) is 0 Å².